The zero-order valence-electron chi connectivity index (χ0n) is 15.9. The van der Waals surface area contributed by atoms with Gasteiger partial charge >= 0.3 is 0 Å². The summed E-state index contributed by atoms with van der Waals surface area (Å²) in [6.45, 7) is 2.66. The van der Waals surface area contributed by atoms with E-state index in [2.05, 4.69) is 44.7 Å². The van der Waals surface area contributed by atoms with Crippen molar-refractivity contribution in [1.82, 2.24) is 25.1 Å². The molecular weight excluding hydrogens is 348 g/mol. The maximum Gasteiger partial charge on any atom is 0.173 e. The Morgan fingerprint density at radius 1 is 0.964 bits per heavy atom. The molecule has 142 valence electrons. The zero-order chi connectivity index (χ0) is 19.2. The second-order valence-electron chi connectivity index (χ2n) is 7.27. The number of benzene rings is 2. The van der Waals surface area contributed by atoms with Crippen LogP contribution in [-0.2, 0) is 6.54 Å². The lowest BCUT2D eigenvalue weighted by Crippen LogP contribution is -2.33. The van der Waals surface area contributed by atoms with Gasteiger partial charge in [-0.3, -0.25) is 4.90 Å². The molecule has 0 bridgehead atoms. The first kappa shape index (κ1) is 18.3. The number of nitriles is 1. The highest BCUT2D eigenvalue weighted by Gasteiger charge is 2.28. The van der Waals surface area contributed by atoms with Gasteiger partial charge in [-0.15, -0.1) is 5.10 Å². The van der Waals surface area contributed by atoms with E-state index in [9.17, 15) is 5.26 Å². The molecule has 0 N–H and O–H groups in total. The predicted molar refractivity (Wildman–Crippen MR) is 106 cm³/mol. The molecule has 2 aromatic carbocycles. The molecule has 1 aliphatic rings. The van der Waals surface area contributed by atoms with Crippen LogP contribution < -0.4 is 0 Å². The molecule has 6 heteroatoms. The number of nitrogens with zero attached hydrogens (tertiary/aromatic N) is 6. The fourth-order valence-electron chi connectivity index (χ4n) is 3.93. The molecule has 3 aromatic rings. The van der Waals surface area contributed by atoms with E-state index in [1.54, 1.807) is 0 Å². The molecule has 0 unspecified atom stereocenters. The maximum absolute atomic E-state index is 9.37. The molecule has 2 heterocycles. The van der Waals surface area contributed by atoms with E-state index in [0.717, 1.165) is 30.0 Å². The number of rotatable bonds is 5. The molecule has 0 radical (unpaired) electrons. The van der Waals surface area contributed by atoms with Crippen molar-refractivity contribution >= 4 is 0 Å². The number of hydrogen-bond acceptors (Lipinski definition) is 5. The van der Waals surface area contributed by atoms with Gasteiger partial charge in [0.1, 0.15) is 0 Å². The van der Waals surface area contributed by atoms with E-state index in [4.69, 9.17) is 0 Å². The van der Waals surface area contributed by atoms with Crippen molar-refractivity contribution in [2.75, 3.05) is 13.1 Å². The van der Waals surface area contributed by atoms with Crippen LogP contribution in [0.1, 0.15) is 54.2 Å². The summed E-state index contributed by atoms with van der Waals surface area (Å²) in [5.41, 5.74) is 2.90. The van der Waals surface area contributed by atoms with Gasteiger partial charge in [-0.25, -0.2) is 4.68 Å². The average Bonchev–Trinajstić information content (AvgIpc) is 3.01. The molecule has 0 amide bonds. The van der Waals surface area contributed by atoms with E-state index in [1.165, 1.54) is 25.7 Å². The summed E-state index contributed by atoms with van der Waals surface area (Å²) < 4.78 is 1.89. The molecule has 1 saturated heterocycles. The Labute approximate surface area is 165 Å². The molecule has 1 aliphatic heterocycles. The third-order valence-electron chi connectivity index (χ3n) is 5.32. The first-order valence-electron chi connectivity index (χ1n) is 9.89. The van der Waals surface area contributed by atoms with Crippen molar-refractivity contribution in [1.29, 1.82) is 5.26 Å². The lowest BCUT2D eigenvalue weighted by Gasteiger charge is -2.30. The van der Waals surface area contributed by atoms with Crippen molar-refractivity contribution < 1.29 is 0 Å². The van der Waals surface area contributed by atoms with Gasteiger partial charge in [-0.1, -0.05) is 55.3 Å². The molecule has 1 aromatic heterocycles. The van der Waals surface area contributed by atoms with Gasteiger partial charge < -0.3 is 0 Å². The predicted octanol–water partition coefficient (Wildman–Crippen LogP) is 3.56. The largest absolute Gasteiger partial charge is 0.290 e. The number of likely N-dealkylation sites (tertiary alicyclic amines) is 1. The molecule has 1 atom stereocenters. The zero-order valence-corrected chi connectivity index (χ0v) is 15.9. The Balaban J connectivity index is 1.73. The molecular formula is C22H24N6. The van der Waals surface area contributed by atoms with Crippen LogP contribution in [0.5, 0.6) is 0 Å². The normalized spacial score (nSPS) is 16.2. The van der Waals surface area contributed by atoms with Crippen LogP contribution in [0.25, 0.3) is 0 Å². The summed E-state index contributed by atoms with van der Waals surface area (Å²) in [6.07, 6.45) is 4.87. The highest BCUT2D eigenvalue weighted by Crippen LogP contribution is 2.30. The van der Waals surface area contributed by atoms with Crippen LogP contribution in [0.15, 0.2) is 54.6 Å². The Kier molecular flexibility index (Phi) is 5.74. The van der Waals surface area contributed by atoms with Crippen LogP contribution in [0, 0.1) is 11.3 Å². The van der Waals surface area contributed by atoms with E-state index in [0.29, 0.717) is 12.1 Å². The van der Waals surface area contributed by atoms with Gasteiger partial charge in [0.05, 0.1) is 24.2 Å². The average molecular weight is 372 g/mol. The summed E-state index contributed by atoms with van der Waals surface area (Å²) in [5.74, 6) is 0.834. The van der Waals surface area contributed by atoms with Crippen molar-refractivity contribution in [3.05, 3.63) is 77.1 Å². The van der Waals surface area contributed by atoms with Crippen LogP contribution >= 0.6 is 0 Å². The standard InChI is InChI=1S/C22H24N6/c23-16-19-11-8-12-20(15-19)21(27-13-6-1-2-7-14-27)22-24-25-26-28(22)17-18-9-4-3-5-10-18/h3-5,8-12,15,21H,1-2,6-7,13-14,17H2/t21-/m1/s1. The molecule has 0 saturated carbocycles. The lowest BCUT2D eigenvalue weighted by atomic mass is 10.0. The van der Waals surface area contributed by atoms with Crippen molar-refractivity contribution in [3.8, 4) is 6.07 Å². The fourth-order valence-corrected chi connectivity index (χ4v) is 3.93. The highest BCUT2D eigenvalue weighted by atomic mass is 15.5. The highest BCUT2D eigenvalue weighted by molar-refractivity contribution is 5.36. The van der Waals surface area contributed by atoms with E-state index in [-0.39, 0.29) is 6.04 Å². The Bertz CT molecular complexity index is 935. The SMILES string of the molecule is N#Cc1cccc([C@H](c2nnnn2Cc2ccccc2)N2CCCCCC2)c1. The number of aromatic nitrogens is 4. The summed E-state index contributed by atoms with van der Waals surface area (Å²) in [5, 5.41) is 22.1. The van der Waals surface area contributed by atoms with Gasteiger partial charge in [0.2, 0.25) is 0 Å². The molecule has 0 spiro atoms. The minimum Gasteiger partial charge on any atom is -0.290 e. The first-order chi connectivity index (χ1) is 13.8. The number of tetrazole rings is 1. The lowest BCUT2D eigenvalue weighted by molar-refractivity contribution is 0.222. The third-order valence-corrected chi connectivity index (χ3v) is 5.32. The molecule has 4 rings (SSSR count). The van der Waals surface area contributed by atoms with E-state index in [1.807, 2.05) is 41.1 Å². The second kappa shape index (κ2) is 8.77. The van der Waals surface area contributed by atoms with Gasteiger partial charge in [0, 0.05) is 0 Å². The minimum absolute atomic E-state index is 0.0508. The van der Waals surface area contributed by atoms with E-state index >= 15 is 0 Å². The van der Waals surface area contributed by atoms with Gasteiger partial charge in [0.25, 0.3) is 0 Å². The first-order valence-corrected chi connectivity index (χ1v) is 9.89. The van der Waals surface area contributed by atoms with Crippen LogP contribution in [0.2, 0.25) is 0 Å². The Hall–Kier alpha value is -3.04. The Morgan fingerprint density at radius 2 is 1.75 bits per heavy atom. The fraction of sp³-hybridized carbons (Fsp3) is 0.364. The van der Waals surface area contributed by atoms with Gasteiger partial charge in [-0.05, 0) is 59.6 Å². The summed E-state index contributed by atoms with van der Waals surface area (Å²) in [7, 11) is 0. The Morgan fingerprint density at radius 3 is 2.50 bits per heavy atom. The summed E-state index contributed by atoms with van der Waals surface area (Å²) >= 11 is 0. The molecule has 0 aliphatic carbocycles. The molecule has 6 nitrogen and oxygen atoms in total. The molecule has 28 heavy (non-hydrogen) atoms. The summed E-state index contributed by atoms with van der Waals surface area (Å²) in [4.78, 5) is 2.47. The van der Waals surface area contributed by atoms with Crippen molar-refractivity contribution in [2.24, 2.45) is 0 Å². The smallest absolute Gasteiger partial charge is 0.173 e. The monoisotopic (exact) mass is 372 g/mol. The van der Waals surface area contributed by atoms with Crippen LogP contribution in [-0.4, -0.2) is 38.2 Å². The van der Waals surface area contributed by atoms with E-state index < -0.39 is 0 Å². The number of hydrogen-bond donors (Lipinski definition) is 0. The van der Waals surface area contributed by atoms with Gasteiger partial charge in [0.15, 0.2) is 5.82 Å². The quantitative estimate of drug-likeness (QED) is 0.685. The second-order valence-corrected chi connectivity index (χ2v) is 7.27. The summed E-state index contributed by atoms with van der Waals surface area (Å²) in [6, 6.07) is 20.3. The maximum atomic E-state index is 9.37. The topological polar surface area (TPSA) is 70.6 Å². The van der Waals surface area contributed by atoms with Crippen molar-refractivity contribution in [3.63, 3.8) is 0 Å². The van der Waals surface area contributed by atoms with Gasteiger partial charge in [-0.2, -0.15) is 5.26 Å². The minimum atomic E-state index is -0.0508. The van der Waals surface area contributed by atoms with Crippen molar-refractivity contribution in [2.45, 2.75) is 38.3 Å². The third kappa shape index (κ3) is 4.10. The van der Waals surface area contributed by atoms with Crippen LogP contribution in [0.3, 0.4) is 0 Å². The molecule has 1 fully saturated rings. The van der Waals surface area contributed by atoms with Crippen LogP contribution in [0.4, 0.5) is 0 Å².